The van der Waals surface area contributed by atoms with Gasteiger partial charge in [-0.25, -0.2) is 0 Å². The third-order valence-electron chi connectivity index (χ3n) is 2.49. The van der Waals surface area contributed by atoms with E-state index in [2.05, 4.69) is 6.58 Å². The summed E-state index contributed by atoms with van der Waals surface area (Å²) < 4.78 is 5.12. The molecule has 0 N–H and O–H groups in total. The molecule has 0 aromatic heterocycles. The Kier molecular flexibility index (Phi) is 5.34. The molecule has 15 heavy (non-hydrogen) atoms. The predicted molar refractivity (Wildman–Crippen MR) is 63.6 cm³/mol. The fourth-order valence-electron chi connectivity index (χ4n) is 1.66. The number of carbonyl (C=O) groups excluding carboxylic acids is 1. The normalized spacial score (nSPS) is 13.9. The van der Waals surface area contributed by atoms with Gasteiger partial charge in [-0.15, -0.1) is 0 Å². The zero-order valence-electron chi connectivity index (χ0n) is 10.5. The molecule has 0 fully saturated rings. The van der Waals surface area contributed by atoms with Gasteiger partial charge in [-0.05, 0) is 34.1 Å². The Morgan fingerprint density at radius 3 is 2.13 bits per heavy atom. The molecular formula is C13H22O2. The Morgan fingerprint density at radius 1 is 1.33 bits per heavy atom. The maximum Gasteiger partial charge on any atom is 0.320 e. The summed E-state index contributed by atoms with van der Waals surface area (Å²) in [7, 11) is 0. The highest BCUT2D eigenvalue weighted by molar-refractivity contribution is 5.82. The highest BCUT2D eigenvalue weighted by Gasteiger charge is 2.36. The van der Waals surface area contributed by atoms with Crippen molar-refractivity contribution in [2.75, 3.05) is 6.61 Å². The Bertz CT molecular complexity index is 272. The van der Waals surface area contributed by atoms with Crippen molar-refractivity contribution in [3.8, 4) is 0 Å². The van der Waals surface area contributed by atoms with Crippen LogP contribution in [0.4, 0.5) is 0 Å². The fraction of sp³-hybridized carbons (Fsp3) is 0.615. The quantitative estimate of drug-likeness (QED) is 0.513. The van der Waals surface area contributed by atoms with Crippen LogP contribution in [-0.4, -0.2) is 12.6 Å². The van der Waals surface area contributed by atoms with Gasteiger partial charge < -0.3 is 4.74 Å². The van der Waals surface area contributed by atoms with Gasteiger partial charge in [-0.3, -0.25) is 4.79 Å². The molecule has 1 unspecified atom stereocenters. The molecule has 0 saturated heterocycles. The van der Waals surface area contributed by atoms with Gasteiger partial charge in [0.1, 0.15) is 5.41 Å². The van der Waals surface area contributed by atoms with Crippen molar-refractivity contribution in [3.05, 3.63) is 23.8 Å². The molecule has 0 aliphatic carbocycles. The van der Waals surface area contributed by atoms with Crippen LogP contribution in [0.1, 0.15) is 41.0 Å². The lowest BCUT2D eigenvalue weighted by atomic mass is 9.77. The van der Waals surface area contributed by atoms with Crippen molar-refractivity contribution >= 4 is 5.97 Å². The lowest BCUT2D eigenvalue weighted by molar-refractivity contribution is -0.150. The van der Waals surface area contributed by atoms with Gasteiger partial charge in [0.15, 0.2) is 0 Å². The predicted octanol–water partition coefficient (Wildman–Crippen LogP) is 3.49. The van der Waals surface area contributed by atoms with Crippen LogP contribution in [0.2, 0.25) is 0 Å². The average Bonchev–Trinajstić information content (AvgIpc) is 2.13. The summed E-state index contributed by atoms with van der Waals surface area (Å²) in [6.07, 6.45) is 2.64. The van der Waals surface area contributed by atoms with Crippen molar-refractivity contribution in [1.29, 1.82) is 0 Å². The van der Waals surface area contributed by atoms with Crippen LogP contribution in [0, 0.1) is 5.41 Å². The summed E-state index contributed by atoms with van der Waals surface area (Å²) in [5.41, 5.74) is 1.30. The van der Waals surface area contributed by atoms with Crippen molar-refractivity contribution in [2.24, 2.45) is 5.41 Å². The molecule has 0 bridgehead atoms. The first-order valence-electron chi connectivity index (χ1n) is 5.40. The molecule has 2 nitrogen and oxygen atoms in total. The zero-order valence-corrected chi connectivity index (χ0v) is 10.5. The summed E-state index contributed by atoms with van der Waals surface area (Å²) in [5, 5.41) is 0. The third kappa shape index (κ3) is 3.22. The standard InChI is InChI=1S/C13H22O2/c1-7-13(11(5)6,9-10(3)4)12(14)15-8-2/h9H,5,7-8H2,1-4,6H3. The molecule has 0 aliphatic rings. The van der Waals surface area contributed by atoms with E-state index < -0.39 is 5.41 Å². The largest absolute Gasteiger partial charge is 0.465 e. The fourth-order valence-corrected chi connectivity index (χ4v) is 1.66. The van der Waals surface area contributed by atoms with Crippen molar-refractivity contribution in [2.45, 2.75) is 41.0 Å². The van der Waals surface area contributed by atoms with E-state index in [0.717, 1.165) is 11.1 Å². The van der Waals surface area contributed by atoms with Crippen molar-refractivity contribution < 1.29 is 9.53 Å². The van der Waals surface area contributed by atoms with Crippen LogP contribution in [0.5, 0.6) is 0 Å². The van der Waals surface area contributed by atoms with E-state index in [0.29, 0.717) is 13.0 Å². The monoisotopic (exact) mass is 210 g/mol. The molecule has 0 rings (SSSR count). The second kappa shape index (κ2) is 5.74. The van der Waals surface area contributed by atoms with Crippen LogP contribution < -0.4 is 0 Å². The summed E-state index contributed by atoms with van der Waals surface area (Å²) in [5.74, 6) is -0.193. The number of rotatable bonds is 5. The molecule has 0 amide bonds. The molecule has 0 aromatic rings. The second-order valence-electron chi connectivity index (χ2n) is 4.05. The summed E-state index contributed by atoms with van der Waals surface area (Å²) in [4.78, 5) is 11.9. The topological polar surface area (TPSA) is 26.3 Å². The van der Waals surface area contributed by atoms with E-state index in [4.69, 9.17) is 4.74 Å². The Hall–Kier alpha value is -1.05. The highest BCUT2D eigenvalue weighted by atomic mass is 16.5. The van der Waals surface area contributed by atoms with Gasteiger partial charge in [0.25, 0.3) is 0 Å². The third-order valence-corrected chi connectivity index (χ3v) is 2.49. The van der Waals surface area contributed by atoms with E-state index >= 15 is 0 Å². The Balaban J connectivity index is 5.25. The number of hydrogen-bond acceptors (Lipinski definition) is 2. The minimum Gasteiger partial charge on any atom is -0.465 e. The van der Waals surface area contributed by atoms with Gasteiger partial charge in [0, 0.05) is 0 Å². The molecule has 0 saturated carbocycles. The van der Waals surface area contributed by atoms with Crippen LogP contribution in [0.15, 0.2) is 23.8 Å². The molecule has 0 aromatic carbocycles. The average molecular weight is 210 g/mol. The maximum absolute atomic E-state index is 11.9. The number of allylic oxidation sites excluding steroid dienone is 1. The number of esters is 1. The van der Waals surface area contributed by atoms with Gasteiger partial charge in [-0.2, -0.15) is 0 Å². The zero-order chi connectivity index (χ0) is 12.1. The molecule has 0 aliphatic heterocycles. The minimum absolute atomic E-state index is 0.193. The maximum atomic E-state index is 11.9. The summed E-state index contributed by atoms with van der Waals surface area (Å²) in [6.45, 7) is 13.9. The first kappa shape index (κ1) is 13.9. The second-order valence-corrected chi connectivity index (χ2v) is 4.05. The van der Waals surface area contributed by atoms with Crippen LogP contribution >= 0.6 is 0 Å². The smallest absolute Gasteiger partial charge is 0.320 e. The molecule has 2 heteroatoms. The van der Waals surface area contributed by atoms with Gasteiger partial charge in [0.2, 0.25) is 0 Å². The molecule has 0 radical (unpaired) electrons. The Morgan fingerprint density at radius 2 is 1.87 bits per heavy atom. The van der Waals surface area contributed by atoms with Gasteiger partial charge in [0.05, 0.1) is 6.61 Å². The number of ether oxygens (including phenoxy) is 1. The van der Waals surface area contributed by atoms with Gasteiger partial charge in [-0.1, -0.05) is 30.7 Å². The van der Waals surface area contributed by atoms with Crippen LogP contribution in [0.25, 0.3) is 0 Å². The summed E-state index contributed by atoms with van der Waals surface area (Å²) >= 11 is 0. The molecule has 0 heterocycles. The van der Waals surface area contributed by atoms with Crippen molar-refractivity contribution in [3.63, 3.8) is 0 Å². The van der Waals surface area contributed by atoms with E-state index in [-0.39, 0.29) is 5.97 Å². The Labute approximate surface area is 93.0 Å². The van der Waals surface area contributed by atoms with E-state index in [1.807, 2.05) is 40.7 Å². The summed E-state index contributed by atoms with van der Waals surface area (Å²) in [6, 6.07) is 0. The van der Waals surface area contributed by atoms with E-state index in [1.165, 1.54) is 0 Å². The van der Waals surface area contributed by atoms with E-state index in [9.17, 15) is 4.79 Å². The molecule has 1 atom stereocenters. The molecular weight excluding hydrogens is 188 g/mol. The van der Waals surface area contributed by atoms with Crippen LogP contribution in [-0.2, 0) is 9.53 Å². The number of carbonyl (C=O) groups is 1. The SMILES string of the molecule is C=C(C)C(C=C(C)C)(CC)C(=O)OCC. The minimum atomic E-state index is -0.644. The van der Waals surface area contributed by atoms with Gasteiger partial charge >= 0.3 is 5.97 Å². The highest BCUT2D eigenvalue weighted by Crippen LogP contribution is 2.34. The van der Waals surface area contributed by atoms with Crippen molar-refractivity contribution in [1.82, 2.24) is 0 Å². The lowest BCUT2D eigenvalue weighted by Gasteiger charge is -2.28. The van der Waals surface area contributed by atoms with Crippen LogP contribution in [0.3, 0.4) is 0 Å². The number of hydrogen-bond donors (Lipinski definition) is 0. The first-order valence-corrected chi connectivity index (χ1v) is 5.40. The van der Waals surface area contributed by atoms with E-state index in [1.54, 1.807) is 0 Å². The first-order chi connectivity index (χ1) is 6.90. The molecule has 0 spiro atoms. The lowest BCUT2D eigenvalue weighted by Crippen LogP contribution is -2.31. The molecule has 86 valence electrons.